The molecule has 8 heteroatoms. The summed E-state index contributed by atoms with van der Waals surface area (Å²) in [5, 5.41) is 3.09. The zero-order chi connectivity index (χ0) is 21.9. The Morgan fingerprint density at radius 3 is 2.40 bits per heavy atom. The van der Waals surface area contributed by atoms with Gasteiger partial charge in [-0.3, -0.25) is 4.79 Å². The van der Waals surface area contributed by atoms with Crippen molar-refractivity contribution in [1.82, 2.24) is 13.9 Å². The van der Waals surface area contributed by atoms with E-state index in [-0.39, 0.29) is 24.4 Å². The minimum absolute atomic E-state index is 0.0740. The summed E-state index contributed by atoms with van der Waals surface area (Å²) in [5.41, 5.74) is 2.30. The molecule has 0 aliphatic carbocycles. The number of nitrogens with zero attached hydrogens (tertiary/aromatic N) is 3. The highest BCUT2D eigenvalue weighted by molar-refractivity contribution is 7.86. The number of rotatable bonds is 6. The normalized spacial score (nSPS) is 24.6. The number of anilines is 1. The van der Waals surface area contributed by atoms with Gasteiger partial charge in [0.05, 0.1) is 12.0 Å². The van der Waals surface area contributed by atoms with E-state index in [4.69, 9.17) is 0 Å². The highest BCUT2D eigenvalue weighted by Gasteiger charge is 2.33. The van der Waals surface area contributed by atoms with E-state index in [1.165, 1.54) is 41.2 Å². The first-order chi connectivity index (χ1) is 14.2. The molecule has 2 heterocycles. The second-order valence-electron chi connectivity index (χ2n) is 9.00. The van der Waals surface area contributed by atoms with Crippen LogP contribution in [0.1, 0.15) is 51.1 Å². The molecule has 2 fully saturated rings. The number of piperidine rings is 2. The van der Waals surface area contributed by atoms with Crippen LogP contribution in [0.4, 0.5) is 5.69 Å². The van der Waals surface area contributed by atoms with Crippen LogP contribution in [0, 0.1) is 11.8 Å². The summed E-state index contributed by atoms with van der Waals surface area (Å²) in [6.45, 7) is 7.19. The Kier molecular flexibility index (Phi) is 7.42. The molecule has 1 N–H and O–H groups in total. The van der Waals surface area contributed by atoms with Gasteiger partial charge in [0, 0.05) is 46.0 Å². The highest BCUT2D eigenvalue weighted by atomic mass is 32.2. The van der Waals surface area contributed by atoms with Gasteiger partial charge in [-0.15, -0.1) is 0 Å². The quantitative estimate of drug-likeness (QED) is 0.744. The Morgan fingerprint density at radius 2 is 1.77 bits per heavy atom. The molecule has 2 saturated heterocycles. The fourth-order valence-corrected chi connectivity index (χ4v) is 5.60. The fourth-order valence-electron chi connectivity index (χ4n) is 4.41. The Bertz CT molecular complexity index is 825. The third kappa shape index (κ3) is 5.34. The summed E-state index contributed by atoms with van der Waals surface area (Å²) in [4.78, 5) is 15.3. The van der Waals surface area contributed by atoms with Crippen molar-refractivity contribution in [2.24, 2.45) is 11.8 Å². The molecule has 0 spiro atoms. The molecule has 168 valence electrons. The van der Waals surface area contributed by atoms with Crippen LogP contribution < -0.4 is 10.2 Å². The van der Waals surface area contributed by atoms with E-state index in [0.29, 0.717) is 19.4 Å². The van der Waals surface area contributed by atoms with E-state index in [0.717, 1.165) is 24.6 Å². The van der Waals surface area contributed by atoms with Crippen LogP contribution in [0.3, 0.4) is 0 Å². The molecule has 30 heavy (non-hydrogen) atoms. The zero-order valence-corrected chi connectivity index (χ0v) is 19.5. The summed E-state index contributed by atoms with van der Waals surface area (Å²) in [5.74, 6) is 0.336. The molecular weight excluding hydrogens is 400 g/mol. The summed E-state index contributed by atoms with van der Waals surface area (Å²) in [7, 11) is -0.438. The molecule has 2 aliphatic rings. The number of carbonyl (C=O) groups excluding carboxylic acids is 1. The van der Waals surface area contributed by atoms with Crippen molar-refractivity contribution in [1.29, 1.82) is 0 Å². The first-order valence-corrected chi connectivity index (χ1v) is 12.4. The minimum Gasteiger partial charge on any atom is -0.371 e. The lowest BCUT2D eigenvalue weighted by Crippen LogP contribution is -2.49. The van der Waals surface area contributed by atoms with Crippen molar-refractivity contribution in [2.75, 3.05) is 45.2 Å². The number of nitrogens with one attached hydrogen (secondary N) is 1. The predicted molar refractivity (Wildman–Crippen MR) is 121 cm³/mol. The highest BCUT2D eigenvalue weighted by Crippen LogP contribution is 2.25. The fraction of sp³-hybridized carbons (Fsp3) is 0.682. The smallest absolute Gasteiger partial charge is 0.281 e. The molecule has 1 aromatic rings. The van der Waals surface area contributed by atoms with Gasteiger partial charge in [0.15, 0.2) is 0 Å². The Hall–Kier alpha value is -1.64. The van der Waals surface area contributed by atoms with Crippen molar-refractivity contribution >= 4 is 21.8 Å². The van der Waals surface area contributed by atoms with Gasteiger partial charge < -0.3 is 10.2 Å². The lowest BCUT2D eigenvalue weighted by molar-refractivity contribution is -0.126. The number of amides is 1. The second-order valence-corrected chi connectivity index (χ2v) is 11.1. The number of carbonyl (C=O) groups is 1. The van der Waals surface area contributed by atoms with Crippen LogP contribution in [0.5, 0.6) is 0 Å². The van der Waals surface area contributed by atoms with Crippen LogP contribution in [0.2, 0.25) is 0 Å². The molecule has 0 radical (unpaired) electrons. The lowest BCUT2D eigenvalue weighted by Gasteiger charge is -2.33. The van der Waals surface area contributed by atoms with E-state index >= 15 is 0 Å². The maximum Gasteiger partial charge on any atom is 0.281 e. The van der Waals surface area contributed by atoms with Gasteiger partial charge in [-0.25, -0.2) is 0 Å². The molecule has 0 saturated carbocycles. The summed E-state index contributed by atoms with van der Waals surface area (Å²) < 4.78 is 27.4. The predicted octanol–water partition coefficient (Wildman–Crippen LogP) is 2.62. The number of benzene rings is 1. The van der Waals surface area contributed by atoms with Crippen molar-refractivity contribution in [3.8, 4) is 0 Å². The van der Waals surface area contributed by atoms with Gasteiger partial charge in [-0.1, -0.05) is 19.1 Å². The maximum atomic E-state index is 12.8. The van der Waals surface area contributed by atoms with Gasteiger partial charge in [0.1, 0.15) is 0 Å². The molecule has 7 nitrogen and oxygen atoms in total. The van der Waals surface area contributed by atoms with Gasteiger partial charge in [-0.2, -0.15) is 17.0 Å². The van der Waals surface area contributed by atoms with Crippen LogP contribution in [-0.4, -0.2) is 63.2 Å². The topological polar surface area (TPSA) is 73.0 Å². The van der Waals surface area contributed by atoms with Gasteiger partial charge >= 0.3 is 0 Å². The third-order valence-electron chi connectivity index (χ3n) is 6.32. The van der Waals surface area contributed by atoms with E-state index in [9.17, 15) is 13.2 Å². The van der Waals surface area contributed by atoms with Gasteiger partial charge in [0.25, 0.3) is 10.2 Å². The zero-order valence-electron chi connectivity index (χ0n) is 18.7. The number of hydrogen-bond donors (Lipinski definition) is 1. The summed E-state index contributed by atoms with van der Waals surface area (Å²) in [6, 6.07) is 8.34. The summed E-state index contributed by atoms with van der Waals surface area (Å²) >= 11 is 0. The van der Waals surface area contributed by atoms with Crippen molar-refractivity contribution in [3.05, 3.63) is 29.8 Å². The molecule has 2 aliphatic heterocycles. The standard InChI is InChI=1S/C22H36N4O3S/c1-17-7-5-13-25(15-17)21-11-9-19(10-12-21)18(2)23-22(27)20-8-6-14-26(16-20)30(28,29)24(3)4/h9-12,17-18,20H,5-8,13-16H2,1-4H3,(H,23,27). The van der Waals surface area contributed by atoms with E-state index < -0.39 is 10.2 Å². The number of hydrogen-bond acceptors (Lipinski definition) is 4. The molecule has 3 atom stereocenters. The van der Waals surface area contributed by atoms with Crippen molar-refractivity contribution in [3.63, 3.8) is 0 Å². The Labute approximate surface area is 181 Å². The Morgan fingerprint density at radius 1 is 1.10 bits per heavy atom. The Balaban J connectivity index is 1.58. The molecule has 0 bridgehead atoms. The molecular formula is C22H36N4O3S. The first-order valence-electron chi connectivity index (χ1n) is 11.0. The van der Waals surface area contributed by atoms with Crippen LogP contribution >= 0.6 is 0 Å². The average Bonchev–Trinajstić information content (AvgIpc) is 2.73. The van der Waals surface area contributed by atoms with Crippen LogP contribution in [0.25, 0.3) is 0 Å². The monoisotopic (exact) mass is 436 g/mol. The second kappa shape index (κ2) is 9.66. The third-order valence-corrected chi connectivity index (χ3v) is 8.22. The molecule has 1 aromatic carbocycles. The van der Waals surface area contributed by atoms with E-state index in [1.54, 1.807) is 0 Å². The molecule has 3 rings (SSSR count). The average molecular weight is 437 g/mol. The van der Waals surface area contributed by atoms with Crippen LogP contribution in [-0.2, 0) is 15.0 Å². The lowest BCUT2D eigenvalue weighted by atomic mass is 9.97. The van der Waals surface area contributed by atoms with Crippen molar-refractivity contribution in [2.45, 2.75) is 45.6 Å². The van der Waals surface area contributed by atoms with E-state index in [2.05, 4.69) is 41.4 Å². The summed E-state index contributed by atoms with van der Waals surface area (Å²) in [6.07, 6.45) is 3.94. The first kappa shape index (κ1) is 23.0. The van der Waals surface area contributed by atoms with E-state index in [1.807, 2.05) is 6.92 Å². The minimum atomic E-state index is -3.48. The van der Waals surface area contributed by atoms with Gasteiger partial charge in [-0.05, 0) is 56.2 Å². The van der Waals surface area contributed by atoms with Crippen molar-refractivity contribution < 1.29 is 13.2 Å². The van der Waals surface area contributed by atoms with Crippen LogP contribution in [0.15, 0.2) is 24.3 Å². The van der Waals surface area contributed by atoms with Gasteiger partial charge in [0.2, 0.25) is 5.91 Å². The largest absolute Gasteiger partial charge is 0.371 e. The molecule has 1 amide bonds. The molecule has 0 aromatic heterocycles. The molecule has 3 unspecified atom stereocenters. The SMILES string of the molecule is CC1CCCN(c2ccc(C(C)NC(=O)C3CCCN(S(=O)(=O)N(C)C)C3)cc2)C1. The maximum absolute atomic E-state index is 12.8.